The van der Waals surface area contributed by atoms with E-state index >= 15 is 0 Å². The third kappa shape index (κ3) is 2.45. The molecule has 0 aliphatic carbocycles. The quantitative estimate of drug-likeness (QED) is 0.444. The summed E-state index contributed by atoms with van der Waals surface area (Å²) >= 11 is 5.27. The van der Waals surface area contributed by atoms with Gasteiger partial charge in [0.15, 0.2) is 0 Å². The molecule has 116 valence electrons. The fourth-order valence-corrected chi connectivity index (χ4v) is 2.98. The van der Waals surface area contributed by atoms with Gasteiger partial charge in [0.2, 0.25) is 4.77 Å². The maximum atomic E-state index is 12.6. The Morgan fingerprint density at radius 1 is 0.917 bits per heavy atom. The van der Waals surface area contributed by atoms with E-state index < -0.39 is 0 Å². The predicted octanol–water partition coefficient (Wildman–Crippen LogP) is 4.09. The number of hydrogen-bond donors (Lipinski definition) is 1. The second kappa shape index (κ2) is 5.86. The molecule has 0 atom stereocenters. The van der Waals surface area contributed by atoms with Crippen molar-refractivity contribution in [2.75, 3.05) is 0 Å². The van der Waals surface area contributed by atoms with Gasteiger partial charge in [-0.15, -0.1) is 0 Å². The largest absolute Gasteiger partial charge is 0.330 e. The van der Waals surface area contributed by atoms with Gasteiger partial charge in [-0.3, -0.25) is 4.79 Å². The molecule has 0 saturated carbocycles. The Hall–Kier alpha value is -3.05. The van der Waals surface area contributed by atoms with Gasteiger partial charge in [-0.05, 0) is 35.1 Å². The smallest absolute Gasteiger partial charge is 0.282 e. The van der Waals surface area contributed by atoms with Crippen molar-refractivity contribution in [3.8, 4) is 0 Å². The molecule has 1 heterocycles. The Morgan fingerprint density at radius 3 is 2.50 bits per heavy atom. The normalized spacial score (nSPS) is 11.5. The van der Waals surface area contributed by atoms with Crippen LogP contribution in [0.2, 0.25) is 0 Å². The van der Waals surface area contributed by atoms with Crippen molar-refractivity contribution in [2.45, 2.75) is 0 Å². The lowest BCUT2D eigenvalue weighted by molar-refractivity contribution is 0.800. The number of rotatable bonds is 2. The molecule has 0 saturated heterocycles. The summed E-state index contributed by atoms with van der Waals surface area (Å²) in [4.78, 5) is 15.6. The number of H-pyrrole nitrogens is 1. The van der Waals surface area contributed by atoms with Crippen molar-refractivity contribution in [3.63, 3.8) is 0 Å². The highest BCUT2D eigenvalue weighted by atomic mass is 32.1. The van der Waals surface area contributed by atoms with Crippen LogP contribution in [-0.4, -0.2) is 15.9 Å². The zero-order chi connectivity index (χ0) is 16.5. The Bertz CT molecular complexity index is 1200. The number of aromatic nitrogens is 2. The maximum absolute atomic E-state index is 12.6. The molecule has 4 aromatic rings. The molecular weight excluding hydrogens is 318 g/mol. The molecule has 0 amide bonds. The van der Waals surface area contributed by atoms with E-state index in [1.54, 1.807) is 12.3 Å². The van der Waals surface area contributed by atoms with Crippen molar-refractivity contribution in [1.82, 2.24) is 9.66 Å². The van der Waals surface area contributed by atoms with Crippen LogP contribution in [0.5, 0.6) is 0 Å². The second-order valence-electron chi connectivity index (χ2n) is 5.41. The molecule has 0 fully saturated rings. The molecule has 0 bridgehead atoms. The van der Waals surface area contributed by atoms with Gasteiger partial charge in [-0.2, -0.15) is 9.78 Å². The van der Waals surface area contributed by atoms with Gasteiger partial charge in [0.1, 0.15) is 0 Å². The second-order valence-corrected chi connectivity index (χ2v) is 5.79. The fourth-order valence-electron chi connectivity index (χ4n) is 2.74. The minimum absolute atomic E-state index is 0.231. The van der Waals surface area contributed by atoms with E-state index in [0.29, 0.717) is 10.9 Å². The molecule has 0 aliphatic rings. The first kappa shape index (κ1) is 14.5. The summed E-state index contributed by atoms with van der Waals surface area (Å²) in [5.74, 6) is 0. The number of nitrogens with one attached hydrogen (secondary N) is 1. The number of benzene rings is 3. The molecule has 24 heavy (non-hydrogen) atoms. The van der Waals surface area contributed by atoms with Gasteiger partial charge in [0.05, 0.1) is 17.1 Å². The van der Waals surface area contributed by atoms with Crippen molar-refractivity contribution in [1.29, 1.82) is 0 Å². The summed E-state index contributed by atoms with van der Waals surface area (Å²) in [7, 11) is 0. The number of aromatic amines is 1. The molecule has 1 N–H and O–H groups in total. The van der Waals surface area contributed by atoms with Gasteiger partial charge >= 0.3 is 0 Å². The number of para-hydroxylation sites is 1. The molecule has 3 aromatic carbocycles. The number of nitrogens with zero attached hydrogens (tertiary/aromatic N) is 2. The zero-order valence-electron chi connectivity index (χ0n) is 12.6. The molecule has 4 nitrogen and oxygen atoms in total. The minimum atomic E-state index is -0.231. The lowest BCUT2D eigenvalue weighted by Crippen LogP contribution is -2.18. The molecule has 0 radical (unpaired) electrons. The van der Waals surface area contributed by atoms with Crippen molar-refractivity contribution >= 4 is 40.1 Å². The summed E-state index contributed by atoms with van der Waals surface area (Å²) in [6.07, 6.45) is 1.67. The van der Waals surface area contributed by atoms with Crippen LogP contribution in [0.4, 0.5) is 0 Å². The van der Waals surface area contributed by atoms with Gasteiger partial charge in [0, 0.05) is 5.56 Å². The van der Waals surface area contributed by atoms with Crippen LogP contribution in [0.3, 0.4) is 0 Å². The highest BCUT2D eigenvalue weighted by molar-refractivity contribution is 7.71. The Balaban J connectivity index is 1.89. The predicted molar refractivity (Wildman–Crippen MR) is 100 cm³/mol. The van der Waals surface area contributed by atoms with Crippen LogP contribution in [-0.2, 0) is 0 Å². The first-order valence-electron chi connectivity index (χ1n) is 7.50. The third-order valence-corrected chi connectivity index (χ3v) is 4.19. The maximum Gasteiger partial charge on any atom is 0.282 e. The van der Waals surface area contributed by atoms with Crippen molar-refractivity contribution < 1.29 is 0 Å². The van der Waals surface area contributed by atoms with Gasteiger partial charge in [-0.1, -0.05) is 54.6 Å². The number of hydrogen-bond acceptors (Lipinski definition) is 3. The van der Waals surface area contributed by atoms with E-state index in [1.165, 1.54) is 4.68 Å². The summed E-state index contributed by atoms with van der Waals surface area (Å²) in [5, 5.41) is 7.08. The average molecular weight is 331 g/mol. The zero-order valence-corrected chi connectivity index (χ0v) is 13.5. The molecular formula is C19H13N3OS. The van der Waals surface area contributed by atoms with Crippen LogP contribution in [0.25, 0.3) is 21.7 Å². The number of fused-ring (bicyclic) bond motifs is 2. The van der Waals surface area contributed by atoms with E-state index in [-0.39, 0.29) is 10.3 Å². The van der Waals surface area contributed by atoms with E-state index in [1.807, 2.05) is 60.7 Å². The summed E-state index contributed by atoms with van der Waals surface area (Å²) in [6.45, 7) is 0. The SMILES string of the molecule is O=c1c2ccccc2[nH]c(=S)n1/N=C\c1cccc2ccccc12. The summed E-state index contributed by atoms with van der Waals surface area (Å²) in [6, 6.07) is 21.3. The van der Waals surface area contributed by atoms with E-state index in [4.69, 9.17) is 12.2 Å². The summed E-state index contributed by atoms with van der Waals surface area (Å²) < 4.78 is 1.49. The molecule has 0 unspecified atom stereocenters. The van der Waals surface area contributed by atoms with E-state index in [2.05, 4.69) is 10.1 Å². The van der Waals surface area contributed by atoms with Crippen molar-refractivity contribution in [2.24, 2.45) is 5.10 Å². The van der Waals surface area contributed by atoms with Crippen LogP contribution >= 0.6 is 12.2 Å². The lowest BCUT2D eigenvalue weighted by atomic mass is 10.1. The fraction of sp³-hybridized carbons (Fsp3) is 0. The van der Waals surface area contributed by atoms with Gasteiger partial charge in [-0.25, -0.2) is 0 Å². The topological polar surface area (TPSA) is 50.1 Å². The van der Waals surface area contributed by atoms with E-state index in [9.17, 15) is 4.79 Å². The molecule has 5 heteroatoms. The molecule has 0 spiro atoms. The first-order chi connectivity index (χ1) is 11.7. The van der Waals surface area contributed by atoms with Crippen LogP contribution in [0.1, 0.15) is 5.56 Å². The van der Waals surface area contributed by atoms with Crippen LogP contribution in [0.15, 0.2) is 76.6 Å². The molecule has 4 rings (SSSR count). The minimum Gasteiger partial charge on any atom is -0.330 e. The highest BCUT2D eigenvalue weighted by Gasteiger charge is 2.04. The average Bonchev–Trinajstić information content (AvgIpc) is 2.61. The Kier molecular flexibility index (Phi) is 3.55. The molecule has 1 aromatic heterocycles. The first-order valence-corrected chi connectivity index (χ1v) is 7.91. The highest BCUT2D eigenvalue weighted by Crippen LogP contribution is 2.16. The van der Waals surface area contributed by atoms with Gasteiger partial charge in [0.25, 0.3) is 5.56 Å². The Labute approximate surface area is 142 Å². The van der Waals surface area contributed by atoms with E-state index in [0.717, 1.165) is 16.3 Å². The van der Waals surface area contributed by atoms with Crippen LogP contribution in [0, 0.1) is 4.77 Å². The monoisotopic (exact) mass is 331 g/mol. The van der Waals surface area contributed by atoms with Crippen LogP contribution < -0.4 is 5.56 Å². The van der Waals surface area contributed by atoms with Crippen molar-refractivity contribution in [3.05, 3.63) is 87.4 Å². The standard InChI is InChI=1S/C19H13N3OS/c23-18-16-10-3-4-11-17(16)21-19(24)22(18)20-12-14-8-5-7-13-6-1-2-9-15(13)14/h1-12H,(H,21,24)/b20-12-. The lowest BCUT2D eigenvalue weighted by Gasteiger charge is -2.04. The summed E-state index contributed by atoms with van der Waals surface area (Å²) in [5.41, 5.74) is 1.41. The Morgan fingerprint density at radius 2 is 1.62 bits per heavy atom. The van der Waals surface area contributed by atoms with Gasteiger partial charge < -0.3 is 4.98 Å². The third-order valence-electron chi connectivity index (χ3n) is 3.92. The molecule has 0 aliphatic heterocycles.